The fourth-order valence-corrected chi connectivity index (χ4v) is 3.86. The van der Waals surface area contributed by atoms with Gasteiger partial charge in [-0.1, -0.05) is 73.6 Å². The summed E-state index contributed by atoms with van der Waals surface area (Å²) in [6.07, 6.45) is 4.25. The lowest BCUT2D eigenvalue weighted by Crippen LogP contribution is -2.11. The number of esters is 1. The van der Waals surface area contributed by atoms with Gasteiger partial charge in [0.05, 0.1) is 7.11 Å². The highest BCUT2D eigenvalue weighted by Crippen LogP contribution is 2.24. The van der Waals surface area contributed by atoms with Crippen molar-refractivity contribution in [2.24, 2.45) is 5.92 Å². The Morgan fingerprint density at radius 2 is 1.66 bits per heavy atom. The predicted molar refractivity (Wildman–Crippen MR) is 146 cm³/mol. The van der Waals surface area contributed by atoms with E-state index in [-0.39, 0.29) is 17.4 Å². The van der Waals surface area contributed by atoms with Crippen LogP contribution in [0.25, 0.3) is 17.4 Å². The van der Waals surface area contributed by atoms with Gasteiger partial charge in [-0.3, -0.25) is 9.59 Å². The first-order valence-corrected chi connectivity index (χ1v) is 12.2. The van der Waals surface area contributed by atoms with Crippen LogP contribution < -0.4 is 5.32 Å². The SMILES string of the molecule is COC(=O)c1cc(-c2cccc(NC(=O)c3ccc(/C=C/C(=O)c4ccc(CC(C)C)cc4)cc3)c2)on1. The van der Waals surface area contributed by atoms with Crippen molar-refractivity contribution < 1.29 is 23.6 Å². The van der Waals surface area contributed by atoms with E-state index >= 15 is 0 Å². The monoisotopic (exact) mass is 508 g/mol. The zero-order valence-corrected chi connectivity index (χ0v) is 21.4. The van der Waals surface area contributed by atoms with E-state index in [0.717, 1.165) is 12.0 Å². The predicted octanol–water partition coefficient (Wildman–Crippen LogP) is 6.48. The number of rotatable bonds is 9. The molecule has 3 aromatic carbocycles. The van der Waals surface area contributed by atoms with Gasteiger partial charge in [0.2, 0.25) is 0 Å². The van der Waals surface area contributed by atoms with Crippen LogP contribution in [0.1, 0.15) is 56.2 Å². The summed E-state index contributed by atoms with van der Waals surface area (Å²) in [4.78, 5) is 36.9. The molecule has 192 valence electrons. The summed E-state index contributed by atoms with van der Waals surface area (Å²) < 4.78 is 9.87. The van der Waals surface area contributed by atoms with Crippen LogP contribution in [0.4, 0.5) is 5.69 Å². The van der Waals surface area contributed by atoms with Gasteiger partial charge in [0.25, 0.3) is 5.91 Å². The molecule has 1 N–H and O–H groups in total. The van der Waals surface area contributed by atoms with Crippen molar-refractivity contribution in [2.45, 2.75) is 20.3 Å². The molecule has 7 nitrogen and oxygen atoms in total. The molecule has 1 aromatic heterocycles. The number of ether oxygens (including phenoxy) is 1. The second-order valence-corrected chi connectivity index (χ2v) is 9.22. The normalized spacial score (nSPS) is 11.1. The molecule has 0 atom stereocenters. The summed E-state index contributed by atoms with van der Waals surface area (Å²) in [7, 11) is 1.27. The molecule has 0 fully saturated rings. The number of nitrogens with one attached hydrogen (secondary N) is 1. The molecule has 0 saturated carbocycles. The van der Waals surface area contributed by atoms with Crippen LogP contribution >= 0.6 is 0 Å². The Labute approximate surface area is 221 Å². The number of anilines is 1. The molecule has 38 heavy (non-hydrogen) atoms. The van der Waals surface area contributed by atoms with Crippen molar-refractivity contribution in [2.75, 3.05) is 12.4 Å². The highest BCUT2D eigenvalue weighted by atomic mass is 16.5. The van der Waals surface area contributed by atoms with E-state index in [9.17, 15) is 14.4 Å². The summed E-state index contributed by atoms with van der Waals surface area (Å²) in [5, 5.41) is 6.55. The Morgan fingerprint density at radius 3 is 2.34 bits per heavy atom. The minimum atomic E-state index is -0.595. The number of carbonyl (C=O) groups is 3. The highest BCUT2D eigenvalue weighted by molar-refractivity contribution is 6.07. The molecule has 1 heterocycles. The van der Waals surface area contributed by atoms with E-state index in [2.05, 4.69) is 29.1 Å². The maximum absolute atomic E-state index is 12.8. The van der Waals surface area contributed by atoms with Crippen LogP contribution in [0.5, 0.6) is 0 Å². The molecule has 4 aromatic rings. The molecule has 0 aliphatic heterocycles. The summed E-state index contributed by atoms with van der Waals surface area (Å²) in [6.45, 7) is 4.33. The lowest BCUT2D eigenvalue weighted by molar-refractivity contribution is 0.0589. The van der Waals surface area contributed by atoms with Gasteiger partial charge in [0.1, 0.15) is 0 Å². The summed E-state index contributed by atoms with van der Waals surface area (Å²) in [6, 6.07) is 23.1. The van der Waals surface area contributed by atoms with E-state index in [1.807, 2.05) is 24.3 Å². The van der Waals surface area contributed by atoms with Crippen molar-refractivity contribution in [1.29, 1.82) is 0 Å². The Morgan fingerprint density at radius 1 is 0.947 bits per heavy atom. The molecule has 7 heteroatoms. The standard InChI is InChI=1S/C31H28N2O5/c1-20(2)17-22-9-12-23(13-10-22)28(34)16-11-21-7-14-24(15-8-21)30(35)32-26-6-4-5-25(18-26)29-19-27(33-38-29)31(36)37-3/h4-16,18-20H,17H2,1-3H3,(H,32,35)/b16-11+. The first-order chi connectivity index (χ1) is 18.3. The van der Waals surface area contributed by atoms with Crippen LogP contribution in [-0.2, 0) is 11.2 Å². The van der Waals surface area contributed by atoms with E-state index < -0.39 is 5.97 Å². The topological polar surface area (TPSA) is 98.5 Å². The number of hydrogen-bond donors (Lipinski definition) is 1. The average Bonchev–Trinajstić information content (AvgIpc) is 3.42. The molecule has 0 aliphatic carbocycles. The van der Waals surface area contributed by atoms with Crippen molar-refractivity contribution in [1.82, 2.24) is 5.16 Å². The van der Waals surface area contributed by atoms with E-state index in [1.165, 1.54) is 24.8 Å². The van der Waals surface area contributed by atoms with Crippen molar-refractivity contribution >= 4 is 29.4 Å². The summed E-state index contributed by atoms with van der Waals surface area (Å²) in [5.74, 6) is -0.0216. The van der Waals surface area contributed by atoms with Crippen molar-refractivity contribution in [3.63, 3.8) is 0 Å². The number of benzene rings is 3. The van der Waals surface area contributed by atoms with Gasteiger partial charge >= 0.3 is 5.97 Å². The zero-order valence-electron chi connectivity index (χ0n) is 21.4. The first kappa shape index (κ1) is 26.3. The third kappa shape index (κ3) is 6.70. The Hall–Kier alpha value is -4.78. The lowest BCUT2D eigenvalue weighted by Gasteiger charge is -2.07. The molecule has 0 radical (unpaired) electrons. The fourth-order valence-electron chi connectivity index (χ4n) is 3.86. The number of carbonyl (C=O) groups excluding carboxylic acids is 3. The lowest BCUT2D eigenvalue weighted by atomic mass is 10.0. The molecular weight excluding hydrogens is 480 g/mol. The molecule has 0 unspecified atom stereocenters. The van der Waals surface area contributed by atoms with Crippen LogP contribution in [0.2, 0.25) is 0 Å². The van der Waals surface area contributed by atoms with Gasteiger partial charge < -0.3 is 14.6 Å². The number of hydrogen-bond acceptors (Lipinski definition) is 6. The van der Waals surface area contributed by atoms with E-state index in [4.69, 9.17) is 4.52 Å². The quantitative estimate of drug-likeness (QED) is 0.158. The number of methoxy groups -OCH3 is 1. The van der Waals surface area contributed by atoms with Crippen LogP contribution in [0.15, 0.2) is 89.5 Å². The number of ketones is 1. The number of amides is 1. The van der Waals surface area contributed by atoms with Crippen LogP contribution in [0.3, 0.4) is 0 Å². The van der Waals surface area contributed by atoms with Gasteiger partial charge in [0, 0.05) is 28.4 Å². The van der Waals surface area contributed by atoms with E-state index in [1.54, 1.807) is 54.6 Å². The Kier molecular flexibility index (Phi) is 8.28. The fraction of sp³-hybridized carbons (Fsp3) is 0.161. The third-order valence-corrected chi connectivity index (χ3v) is 5.79. The average molecular weight is 509 g/mol. The van der Waals surface area contributed by atoms with Gasteiger partial charge in [-0.15, -0.1) is 0 Å². The number of aromatic nitrogens is 1. The summed E-state index contributed by atoms with van der Waals surface area (Å²) in [5.41, 5.74) is 4.38. The van der Waals surface area contributed by atoms with Crippen LogP contribution in [-0.4, -0.2) is 29.9 Å². The molecule has 0 saturated heterocycles. The van der Waals surface area contributed by atoms with Gasteiger partial charge in [-0.05, 0) is 53.8 Å². The van der Waals surface area contributed by atoms with E-state index in [0.29, 0.717) is 34.1 Å². The largest absolute Gasteiger partial charge is 0.464 e. The van der Waals surface area contributed by atoms with Crippen molar-refractivity contribution in [3.8, 4) is 11.3 Å². The maximum Gasteiger partial charge on any atom is 0.360 e. The molecule has 0 aliphatic rings. The second kappa shape index (κ2) is 12.0. The molecule has 0 bridgehead atoms. The third-order valence-electron chi connectivity index (χ3n) is 5.79. The van der Waals surface area contributed by atoms with Gasteiger partial charge in [-0.25, -0.2) is 4.79 Å². The van der Waals surface area contributed by atoms with Gasteiger partial charge in [-0.2, -0.15) is 0 Å². The smallest absolute Gasteiger partial charge is 0.360 e. The molecule has 0 spiro atoms. The Bertz CT molecular complexity index is 1460. The zero-order chi connectivity index (χ0) is 27.1. The number of allylic oxidation sites excluding steroid dienone is 1. The molecule has 1 amide bonds. The number of nitrogens with zero attached hydrogens (tertiary/aromatic N) is 1. The maximum atomic E-state index is 12.8. The second-order valence-electron chi connectivity index (χ2n) is 9.22. The molecular formula is C31H28N2O5. The molecule has 4 rings (SSSR count). The van der Waals surface area contributed by atoms with Crippen molar-refractivity contribution in [3.05, 3.63) is 113 Å². The Balaban J connectivity index is 1.37. The summed E-state index contributed by atoms with van der Waals surface area (Å²) >= 11 is 0. The van der Waals surface area contributed by atoms with Gasteiger partial charge in [0.15, 0.2) is 17.2 Å². The van der Waals surface area contributed by atoms with Crippen LogP contribution in [0, 0.1) is 5.92 Å². The minimum Gasteiger partial charge on any atom is -0.464 e. The first-order valence-electron chi connectivity index (χ1n) is 12.2. The minimum absolute atomic E-state index is 0.0623. The highest BCUT2D eigenvalue weighted by Gasteiger charge is 2.14.